The van der Waals surface area contributed by atoms with E-state index in [2.05, 4.69) is 5.32 Å². The summed E-state index contributed by atoms with van der Waals surface area (Å²) in [5.41, 5.74) is 0. The predicted molar refractivity (Wildman–Crippen MR) is 74.6 cm³/mol. The highest BCUT2D eigenvalue weighted by Crippen LogP contribution is 2.19. The average molecular weight is 277 g/mol. The zero-order chi connectivity index (χ0) is 13.4. The first-order chi connectivity index (χ1) is 8.52. The number of ether oxygens (including phenoxy) is 1. The van der Waals surface area contributed by atoms with E-state index < -0.39 is 9.84 Å². The van der Waals surface area contributed by atoms with Gasteiger partial charge in [0.25, 0.3) is 0 Å². The highest BCUT2D eigenvalue weighted by Gasteiger charge is 2.15. The van der Waals surface area contributed by atoms with E-state index in [-0.39, 0.29) is 11.0 Å². The summed E-state index contributed by atoms with van der Waals surface area (Å²) in [5, 5.41) is 2.85. The first kappa shape index (κ1) is 15.9. The van der Waals surface area contributed by atoms with Crippen molar-refractivity contribution in [2.24, 2.45) is 0 Å². The van der Waals surface area contributed by atoms with Crippen LogP contribution in [0.5, 0.6) is 0 Å². The number of hydrogen-bond acceptors (Lipinski definition) is 4. The molecule has 0 aromatic rings. The van der Waals surface area contributed by atoms with Crippen LogP contribution in [0.15, 0.2) is 0 Å². The van der Waals surface area contributed by atoms with E-state index in [0.29, 0.717) is 19.3 Å². The molecule has 5 heteroatoms. The summed E-state index contributed by atoms with van der Waals surface area (Å²) in [4.78, 5) is 0. The van der Waals surface area contributed by atoms with Crippen molar-refractivity contribution in [2.45, 2.75) is 57.3 Å². The van der Waals surface area contributed by atoms with Crippen molar-refractivity contribution in [1.82, 2.24) is 5.32 Å². The Kier molecular flexibility index (Phi) is 7.19. The van der Waals surface area contributed by atoms with Gasteiger partial charge in [-0.2, -0.15) is 0 Å². The van der Waals surface area contributed by atoms with E-state index in [0.717, 1.165) is 6.54 Å². The molecule has 0 heterocycles. The fourth-order valence-electron chi connectivity index (χ4n) is 2.10. The fraction of sp³-hybridized carbons (Fsp3) is 1.00. The number of hydrogen-bond donors (Lipinski definition) is 1. The highest BCUT2D eigenvalue weighted by atomic mass is 32.2. The predicted octanol–water partition coefficient (Wildman–Crippen LogP) is 1.75. The molecule has 0 amide bonds. The van der Waals surface area contributed by atoms with Crippen LogP contribution in [-0.4, -0.2) is 45.2 Å². The Morgan fingerprint density at radius 3 is 2.44 bits per heavy atom. The second-order valence-corrected chi connectivity index (χ2v) is 7.97. The van der Waals surface area contributed by atoms with Crippen molar-refractivity contribution in [3.8, 4) is 0 Å². The van der Waals surface area contributed by atoms with Gasteiger partial charge < -0.3 is 10.1 Å². The standard InChI is InChI=1S/C13H27NO3S/c1-12(2)18(15,16)11-9-14-8-10-17-13-6-4-3-5-7-13/h12-14H,3-11H2,1-2H3. The molecule has 0 saturated heterocycles. The van der Waals surface area contributed by atoms with Crippen LogP contribution in [-0.2, 0) is 14.6 Å². The van der Waals surface area contributed by atoms with E-state index in [1.807, 2.05) is 0 Å². The Morgan fingerprint density at radius 1 is 1.17 bits per heavy atom. The first-order valence-electron chi connectivity index (χ1n) is 7.06. The van der Waals surface area contributed by atoms with Gasteiger partial charge in [0, 0.05) is 13.1 Å². The summed E-state index contributed by atoms with van der Waals surface area (Å²) >= 11 is 0. The molecule has 1 fully saturated rings. The van der Waals surface area contributed by atoms with Gasteiger partial charge in [0.15, 0.2) is 9.84 Å². The van der Waals surface area contributed by atoms with Gasteiger partial charge >= 0.3 is 0 Å². The molecule has 0 radical (unpaired) electrons. The zero-order valence-electron chi connectivity index (χ0n) is 11.7. The molecule has 108 valence electrons. The monoisotopic (exact) mass is 277 g/mol. The minimum absolute atomic E-state index is 0.216. The van der Waals surface area contributed by atoms with E-state index in [1.54, 1.807) is 13.8 Å². The van der Waals surface area contributed by atoms with Gasteiger partial charge in [-0.3, -0.25) is 0 Å². The highest BCUT2D eigenvalue weighted by molar-refractivity contribution is 7.92. The van der Waals surface area contributed by atoms with Crippen LogP contribution >= 0.6 is 0 Å². The summed E-state index contributed by atoms with van der Waals surface area (Å²) in [6.07, 6.45) is 6.70. The second kappa shape index (κ2) is 8.12. The molecule has 0 bridgehead atoms. The minimum Gasteiger partial charge on any atom is -0.377 e. The lowest BCUT2D eigenvalue weighted by Gasteiger charge is -2.22. The van der Waals surface area contributed by atoms with Crippen molar-refractivity contribution >= 4 is 9.84 Å². The van der Waals surface area contributed by atoms with Gasteiger partial charge in [-0.05, 0) is 26.7 Å². The number of nitrogens with one attached hydrogen (secondary N) is 1. The lowest BCUT2D eigenvalue weighted by Crippen LogP contribution is -2.30. The van der Waals surface area contributed by atoms with Crippen molar-refractivity contribution in [2.75, 3.05) is 25.4 Å². The third-order valence-electron chi connectivity index (χ3n) is 3.47. The molecule has 0 aromatic carbocycles. The summed E-state index contributed by atoms with van der Waals surface area (Å²) < 4.78 is 28.8. The van der Waals surface area contributed by atoms with Gasteiger partial charge in [0.05, 0.1) is 23.7 Å². The van der Waals surface area contributed by atoms with Crippen LogP contribution in [0.25, 0.3) is 0 Å². The zero-order valence-corrected chi connectivity index (χ0v) is 12.5. The number of sulfone groups is 1. The van der Waals surface area contributed by atoms with Crippen LogP contribution in [0.4, 0.5) is 0 Å². The smallest absolute Gasteiger partial charge is 0.153 e. The van der Waals surface area contributed by atoms with Crippen LogP contribution in [0.2, 0.25) is 0 Å². The van der Waals surface area contributed by atoms with Crippen molar-refractivity contribution < 1.29 is 13.2 Å². The SMILES string of the molecule is CC(C)S(=O)(=O)CCNCCOC1CCCCC1. The summed E-state index contributed by atoms with van der Waals surface area (Å²) in [7, 11) is -2.91. The molecule has 1 aliphatic carbocycles. The molecule has 1 rings (SSSR count). The maximum Gasteiger partial charge on any atom is 0.153 e. The summed E-state index contributed by atoms with van der Waals surface area (Å²) in [6.45, 7) is 5.40. The van der Waals surface area contributed by atoms with Crippen LogP contribution < -0.4 is 5.32 Å². The van der Waals surface area contributed by atoms with Crippen molar-refractivity contribution in [1.29, 1.82) is 0 Å². The maximum absolute atomic E-state index is 11.5. The summed E-state index contributed by atoms with van der Waals surface area (Å²) in [6, 6.07) is 0. The van der Waals surface area contributed by atoms with Gasteiger partial charge in [0.2, 0.25) is 0 Å². The van der Waals surface area contributed by atoms with E-state index in [9.17, 15) is 8.42 Å². The Hall–Kier alpha value is -0.130. The molecule has 0 unspecified atom stereocenters. The second-order valence-electron chi connectivity index (χ2n) is 5.30. The molecule has 1 aliphatic rings. The van der Waals surface area contributed by atoms with Gasteiger partial charge in [-0.25, -0.2) is 8.42 Å². The molecule has 1 N–H and O–H groups in total. The molecule has 0 aromatic heterocycles. The Balaban J connectivity index is 1.98. The molecular weight excluding hydrogens is 250 g/mol. The quantitative estimate of drug-likeness (QED) is 0.687. The molecule has 18 heavy (non-hydrogen) atoms. The maximum atomic E-state index is 11.5. The third-order valence-corrected chi connectivity index (χ3v) is 5.68. The lowest BCUT2D eigenvalue weighted by molar-refractivity contribution is 0.0305. The topological polar surface area (TPSA) is 55.4 Å². The molecular formula is C13H27NO3S. The Morgan fingerprint density at radius 2 is 1.83 bits per heavy atom. The largest absolute Gasteiger partial charge is 0.377 e. The summed E-state index contributed by atoms with van der Waals surface area (Å²) in [5.74, 6) is 0.216. The van der Waals surface area contributed by atoms with Gasteiger partial charge in [0.1, 0.15) is 0 Å². The fourth-order valence-corrected chi connectivity index (χ4v) is 3.00. The van der Waals surface area contributed by atoms with Crippen LogP contribution in [0.3, 0.4) is 0 Å². The van der Waals surface area contributed by atoms with Crippen molar-refractivity contribution in [3.63, 3.8) is 0 Å². The normalized spacial score (nSPS) is 18.4. The Labute approximate surface area is 111 Å². The molecule has 0 spiro atoms. The Bertz CT molecular complexity index is 308. The minimum atomic E-state index is -2.91. The molecule has 0 aliphatic heterocycles. The van der Waals surface area contributed by atoms with Crippen molar-refractivity contribution in [3.05, 3.63) is 0 Å². The lowest BCUT2D eigenvalue weighted by atomic mass is 9.98. The van der Waals surface area contributed by atoms with E-state index >= 15 is 0 Å². The van der Waals surface area contributed by atoms with Crippen LogP contribution in [0, 0.1) is 0 Å². The van der Waals surface area contributed by atoms with Crippen LogP contribution in [0.1, 0.15) is 46.0 Å². The first-order valence-corrected chi connectivity index (χ1v) is 8.78. The average Bonchev–Trinajstić information content (AvgIpc) is 2.34. The third kappa shape index (κ3) is 6.16. The van der Waals surface area contributed by atoms with Gasteiger partial charge in [-0.15, -0.1) is 0 Å². The molecule has 0 atom stereocenters. The van der Waals surface area contributed by atoms with Gasteiger partial charge in [-0.1, -0.05) is 19.3 Å². The molecule has 4 nitrogen and oxygen atoms in total. The number of rotatable bonds is 8. The molecule has 1 saturated carbocycles. The van der Waals surface area contributed by atoms with E-state index in [1.165, 1.54) is 32.1 Å². The van der Waals surface area contributed by atoms with E-state index in [4.69, 9.17) is 4.74 Å².